The minimum Gasteiger partial charge on any atom is -0.341 e. The van der Waals surface area contributed by atoms with Crippen LogP contribution in [-0.4, -0.2) is 43.5 Å². The Labute approximate surface area is 228 Å². The first kappa shape index (κ1) is 27.3. The Hall–Kier alpha value is -2.75. The van der Waals surface area contributed by atoms with Crippen molar-refractivity contribution in [2.24, 2.45) is 0 Å². The van der Waals surface area contributed by atoms with Gasteiger partial charge in [0, 0.05) is 34.6 Å². The number of piperidine rings is 1. The largest absolute Gasteiger partial charge is 0.341 e. The van der Waals surface area contributed by atoms with Gasteiger partial charge in [0.2, 0.25) is 0 Å². The first-order valence-corrected chi connectivity index (χ1v) is 14.5. The highest BCUT2D eigenvalue weighted by Crippen LogP contribution is 2.30. The molecule has 0 radical (unpaired) electrons. The van der Waals surface area contributed by atoms with Gasteiger partial charge in [-0.25, -0.2) is 12.8 Å². The molecule has 3 aromatic rings. The summed E-state index contributed by atoms with van der Waals surface area (Å²) in [6.07, 6.45) is 0.494. The Balaban J connectivity index is 1.47. The molecule has 37 heavy (non-hydrogen) atoms. The van der Waals surface area contributed by atoms with Crippen LogP contribution in [-0.2, 0) is 25.8 Å². The van der Waals surface area contributed by atoms with Crippen molar-refractivity contribution in [1.82, 2.24) is 10.2 Å². The van der Waals surface area contributed by atoms with Crippen LogP contribution in [0.4, 0.5) is 4.39 Å². The first-order valence-electron chi connectivity index (χ1n) is 11.7. The molecular formula is C27H25BrClFN2O4S. The van der Waals surface area contributed by atoms with Crippen LogP contribution in [0.5, 0.6) is 0 Å². The molecular weight excluding hydrogens is 583 g/mol. The molecule has 2 amide bonds. The Kier molecular flexibility index (Phi) is 8.67. The van der Waals surface area contributed by atoms with E-state index < -0.39 is 38.8 Å². The molecule has 194 valence electrons. The van der Waals surface area contributed by atoms with Crippen LogP contribution in [0.3, 0.4) is 0 Å². The van der Waals surface area contributed by atoms with Crippen LogP contribution in [0.15, 0.2) is 82.2 Å². The van der Waals surface area contributed by atoms with Crippen molar-refractivity contribution in [2.75, 3.05) is 13.1 Å². The van der Waals surface area contributed by atoms with E-state index in [1.165, 1.54) is 17.0 Å². The lowest BCUT2D eigenvalue weighted by atomic mass is 9.98. The van der Waals surface area contributed by atoms with Crippen molar-refractivity contribution >= 4 is 49.2 Å². The van der Waals surface area contributed by atoms with Crippen LogP contribution < -0.4 is 5.32 Å². The molecule has 4 rings (SSSR count). The minimum absolute atomic E-state index is 0.0323. The van der Waals surface area contributed by atoms with Crippen molar-refractivity contribution in [3.8, 4) is 0 Å². The summed E-state index contributed by atoms with van der Waals surface area (Å²) in [5, 5.41) is 2.33. The molecule has 3 aromatic carbocycles. The fraction of sp³-hybridized carbons (Fsp3) is 0.259. The third-order valence-corrected chi connectivity index (χ3v) is 9.84. The van der Waals surface area contributed by atoms with E-state index in [4.69, 9.17) is 11.6 Å². The summed E-state index contributed by atoms with van der Waals surface area (Å²) in [7, 11) is -3.53. The third kappa shape index (κ3) is 6.22. The number of sulfone groups is 1. The van der Waals surface area contributed by atoms with Crippen LogP contribution in [0, 0.1) is 5.82 Å². The van der Waals surface area contributed by atoms with Gasteiger partial charge in [0.25, 0.3) is 0 Å². The molecule has 1 aliphatic rings. The van der Waals surface area contributed by atoms with E-state index in [9.17, 15) is 22.4 Å². The minimum atomic E-state index is -3.53. The number of nitrogens with zero attached hydrogens (tertiary/aromatic N) is 1. The fourth-order valence-corrected chi connectivity index (χ4v) is 7.02. The molecule has 1 N–H and O–H groups in total. The second kappa shape index (κ2) is 11.8. The van der Waals surface area contributed by atoms with Crippen LogP contribution in [0.25, 0.3) is 0 Å². The predicted molar refractivity (Wildman–Crippen MR) is 143 cm³/mol. The molecule has 0 bridgehead atoms. The van der Waals surface area contributed by atoms with Crippen molar-refractivity contribution in [3.63, 3.8) is 0 Å². The number of amides is 2. The number of hydrogen-bond donors (Lipinski definition) is 1. The lowest BCUT2D eigenvalue weighted by Gasteiger charge is -2.32. The van der Waals surface area contributed by atoms with E-state index in [1.54, 1.807) is 60.7 Å². The molecule has 1 fully saturated rings. The average molecular weight is 608 g/mol. The van der Waals surface area contributed by atoms with E-state index in [-0.39, 0.29) is 47.8 Å². The SMILES string of the molecule is O=C(NC(Cc1c(F)cccc1Cl)c1ccccc1Br)C(=O)N1CCC(S(=O)(=O)c2ccccc2)CC1. The highest BCUT2D eigenvalue weighted by atomic mass is 79.9. The van der Waals surface area contributed by atoms with Crippen molar-refractivity contribution in [1.29, 1.82) is 0 Å². The Morgan fingerprint density at radius 3 is 2.30 bits per heavy atom. The quantitative estimate of drug-likeness (QED) is 0.395. The van der Waals surface area contributed by atoms with E-state index in [2.05, 4.69) is 21.2 Å². The van der Waals surface area contributed by atoms with E-state index in [1.807, 2.05) is 0 Å². The molecule has 0 saturated carbocycles. The summed E-state index contributed by atoms with van der Waals surface area (Å²) in [6.45, 7) is 0.281. The van der Waals surface area contributed by atoms with Gasteiger partial charge in [-0.2, -0.15) is 0 Å². The van der Waals surface area contributed by atoms with Crippen molar-refractivity contribution in [3.05, 3.63) is 99.2 Å². The third-order valence-electron chi connectivity index (χ3n) is 6.49. The normalized spacial score (nSPS) is 15.3. The van der Waals surface area contributed by atoms with Gasteiger partial charge in [0.1, 0.15) is 5.82 Å². The maximum Gasteiger partial charge on any atom is 0.311 e. The number of hydrogen-bond acceptors (Lipinski definition) is 4. The van der Waals surface area contributed by atoms with Crippen molar-refractivity contribution < 1.29 is 22.4 Å². The predicted octanol–water partition coefficient (Wildman–Crippen LogP) is 5.11. The zero-order valence-corrected chi connectivity index (χ0v) is 22.9. The summed E-state index contributed by atoms with van der Waals surface area (Å²) in [6, 6.07) is 19.0. The Morgan fingerprint density at radius 2 is 1.65 bits per heavy atom. The molecule has 10 heteroatoms. The van der Waals surface area contributed by atoms with Gasteiger partial charge in [-0.05, 0) is 48.7 Å². The number of benzene rings is 3. The van der Waals surface area contributed by atoms with Gasteiger partial charge in [-0.3, -0.25) is 9.59 Å². The average Bonchev–Trinajstić information content (AvgIpc) is 2.90. The number of halogens is 3. The molecule has 0 aromatic heterocycles. The topological polar surface area (TPSA) is 83.6 Å². The Bertz CT molecular complexity index is 1380. The van der Waals surface area contributed by atoms with Gasteiger partial charge < -0.3 is 10.2 Å². The number of likely N-dealkylation sites (tertiary alicyclic amines) is 1. The smallest absolute Gasteiger partial charge is 0.311 e. The number of carbonyl (C=O) groups is 2. The van der Waals surface area contributed by atoms with Crippen LogP contribution >= 0.6 is 27.5 Å². The monoisotopic (exact) mass is 606 g/mol. The van der Waals surface area contributed by atoms with Crippen LogP contribution in [0.2, 0.25) is 5.02 Å². The molecule has 0 aliphatic carbocycles. The second-order valence-electron chi connectivity index (χ2n) is 8.80. The summed E-state index contributed by atoms with van der Waals surface area (Å²) >= 11 is 9.69. The van der Waals surface area contributed by atoms with Crippen LogP contribution in [0.1, 0.15) is 30.0 Å². The second-order valence-corrected chi connectivity index (χ2v) is 12.3. The van der Waals surface area contributed by atoms with Gasteiger partial charge >= 0.3 is 11.8 Å². The lowest BCUT2D eigenvalue weighted by molar-refractivity contribution is -0.146. The maximum atomic E-state index is 14.5. The summed E-state index contributed by atoms with van der Waals surface area (Å²) in [5.41, 5.74) is 0.889. The zero-order valence-electron chi connectivity index (χ0n) is 19.7. The first-order chi connectivity index (χ1) is 17.7. The fourth-order valence-electron chi connectivity index (χ4n) is 4.46. The summed E-state index contributed by atoms with van der Waals surface area (Å²) in [4.78, 5) is 27.7. The molecule has 1 aliphatic heterocycles. The van der Waals surface area contributed by atoms with Gasteiger partial charge in [-0.15, -0.1) is 0 Å². The standard InChI is InChI=1S/C27H25BrClFN2O4S/c28-22-10-5-4-9-20(22)25(17-21-23(29)11-6-12-24(21)30)31-26(33)27(34)32-15-13-19(14-16-32)37(35,36)18-7-2-1-3-8-18/h1-12,19,25H,13-17H2,(H,31,33). The number of nitrogens with one attached hydrogen (secondary N) is 1. The Morgan fingerprint density at radius 1 is 1.00 bits per heavy atom. The molecule has 1 heterocycles. The molecule has 6 nitrogen and oxygen atoms in total. The van der Waals surface area contributed by atoms with E-state index in [0.29, 0.717) is 10.0 Å². The maximum absolute atomic E-state index is 14.5. The van der Waals surface area contributed by atoms with E-state index in [0.717, 1.165) is 0 Å². The zero-order chi connectivity index (χ0) is 26.6. The van der Waals surface area contributed by atoms with Gasteiger partial charge in [0.15, 0.2) is 9.84 Å². The lowest BCUT2D eigenvalue weighted by Crippen LogP contribution is -2.49. The highest BCUT2D eigenvalue weighted by molar-refractivity contribution is 9.10. The highest BCUT2D eigenvalue weighted by Gasteiger charge is 2.35. The summed E-state index contributed by atoms with van der Waals surface area (Å²) in [5.74, 6) is -2.11. The van der Waals surface area contributed by atoms with Crippen molar-refractivity contribution in [2.45, 2.75) is 35.4 Å². The van der Waals surface area contributed by atoms with E-state index >= 15 is 0 Å². The molecule has 1 atom stereocenters. The van der Waals surface area contributed by atoms with Gasteiger partial charge in [-0.1, -0.05) is 70.0 Å². The number of rotatable bonds is 6. The molecule has 1 unspecified atom stereocenters. The number of carbonyl (C=O) groups excluding carboxylic acids is 2. The molecule has 1 saturated heterocycles. The summed E-state index contributed by atoms with van der Waals surface area (Å²) < 4.78 is 41.1. The van der Waals surface area contributed by atoms with Gasteiger partial charge in [0.05, 0.1) is 16.2 Å². The molecule has 0 spiro atoms.